The van der Waals surface area contributed by atoms with Crippen molar-refractivity contribution in [2.75, 3.05) is 32.7 Å². The fourth-order valence-electron chi connectivity index (χ4n) is 2.74. The summed E-state index contributed by atoms with van der Waals surface area (Å²) in [7, 11) is 0. The van der Waals surface area contributed by atoms with Gasteiger partial charge in [-0.05, 0) is 57.2 Å². The second-order valence-electron chi connectivity index (χ2n) is 6.64. The molecule has 0 spiro atoms. The molecule has 1 heterocycles. The van der Waals surface area contributed by atoms with Crippen LogP contribution in [-0.4, -0.2) is 49.6 Å². The highest BCUT2D eigenvalue weighted by Crippen LogP contribution is 2.19. The molecule has 0 bridgehead atoms. The van der Waals surface area contributed by atoms with Gasteiger partial charge in [0.1, 0.15) is 0 Å². The molecular weight excluding hydrogens is 238 g/mol. The fraction of sp³-hybridized carbons (Fsp3) is 0.933. The lowest BCUT2D eigenvalue weighted by Gasteiger charge is -2.32. The second kappa shape index (κ2) is 7.25. The highest BCUT2D eigenvalue weighted by atomic mass is 16.2. The van der Waals surface area contributed by atoms with Crippen molar-refractivity contribution in [2.45, 2.75) is 45.6 Å². The molecule has 1 saturated heterocycles. The normalized spacial score (nSPS) is 24.7. The van der Waals surface area contributed by atoms with E-state index >= 15 is 0 Å². The molecule has 1 saturated carbocycles. The minimum atomic E-state index is 0.221. The van der Waals surface area contributed by atoms with Crippen LogP contribution in [0.4, 0.5) is 0 Å². The minimum Gasteiger partial charge on any atom is -0.352 e. The molecule has 0 aromatic carbocycles. The Bertz CT molecular complexity index is 289. The summed E-state index contributed by atoms with van der Waals surface area (Å²) in [4.78, 5) is 14.1. The number of likely N-dealkylation sites (tertiary alicyclic amines) is 1. The number of carbonyl (C=O) groups excluding carboxylic acids is 1. The first kappa shape index (κ1) is 14.8. The van der Waals surface area contributed by atoms with Gasteiger partial charge < -0.3 is 10.6 Å². The lowest BCUT2D eigenvalue weighted by Crippen LogP contribution is -2.45. The number of amides is 1. The van der Waals surface area contributed by atoms with Gasteiger partial charge in [-0.25, -0.2) is 0 Å². The van der Waals surface area contributed by atoms with Crippen LogP contribution >= 0.6 is 0 Å². The Morgan fingerprint density at radius 2 is 2.11 bits per heavy atom. The van der Waals surface area contributed by atoms with E-state index in [1.165, 1.54) is 25.7 Å². The highest BCUT2D eigenvalue weighted by Gasteiger charge is 2.26. The predicted octanol–water partition coefficient (Wildman–Crippen LogP) is 1.22. The number of hydrogen-bond acceptors (Lipinski definition) is 3. The van der Waals surface area contributed by atoms with Crippen molar-refractivity contribution in [3.05, 3.63) is 0 Å². The molecule has 2 rings (SSSR count). The summed E-state index contributed by atoms with van der Waals surface area (Å²) in [5.41, 5.74) is 0. The van der Waals surface area contributed by atoms with Gasteiger partial charge in [-0.2, -0.15) is 0 Å². The summed E-state index contributed by atoms with van der Waals surface area (Å²) >= 11 is 0. The predicted molar refractivity (Wildman–Crippen MR) is 78.0 cm³/mol. The van der Waals surface area contributed by atoms with Gasteiger partial charge in [-0.15, -0.1) is 0 Å². The third-order valence-corrected chi connectivity index (χ3v) is 3.90. The van der Waals surface area contributed by atoms with Crippen LogP contribution in [0.5, 0.6) is 0 Å². The van der Waals surface area contributed by atoms with Crippen molar-refractivity contribution in [1.29, 1.82) is 0 Å². The Labute approximate surface area is 117 Å². The topological polar surface area (TPSA) is 44.4 Å². The molecule has 0 radical (unpaired) electrons. The Morgan fingerprint density at radius 3 is 2.79 bits per heavy atom. The summed E-state index contributed by atoms with van der Waals surface area (Å²) in [5, 5.41) is 6.62. The van der Waals surface area contributed by atoms with E-state index in [9.17, 15) is 4.79 Å². The average Bonchev–Trinajstić information content (AvgIpc) is 3.12. The molecule has 1 aliphatic heterocycles. The molecule has 19 heavy (non-hydrogen) atoms. The SMILES string of the molecule is CC(C)CNCC1CCCN(CC(=O)NC2CC2)C1. The van der Waals surface area contributed by atoms with Crippen LogP contribution in [0.25, 0.3) is 0 Å². The number of nitrogens with zero attached hydrogens (tertiary/aromatic N) is 1. The summed E-state index contributed by atoms with van der Waals surface area (Å²) in [6.07, 6.45) is 4.87. The monoisotopic (exact) mass is 267 g/mol. The molecule has 1 aliphatic carbocycles. The molecular formula is C15H29N3O. The zero-order valence-electron chi connectivity index (χ0n) is 12.5. The van der Waals surface area contributed by atoms with Gasteiger partial charge in [0.15, 0.2) is 0 Å². The number of carbonyl (C=O) groups is 1. The molecule has 1 amide bonds. The zero-order chi connectivity index (χ0) is 13.7. The molecule has 1 unspecified atom stereocenters. The summed E-state index contributed by atoms with van der Waals surface area (Å²) in [6.45, 7) is 9.42. The van der Waals surface area contributed by atoms with E-state index in [1.54, 1.807) is 0 Å². The van der Waals surface area contributed by atoms with Gasteiger partial charge in [0, 0.05) is 12.6 Å². The van der Waals surface area contributed by atoms with Crippen LogP contribution in [0.2, 0.25) is 0 Å². The first-order valence-corrected chi connectivity index (χ1v) is 7.86. The summed E-state index contributed by atoms with van der Waals surface area (Å²) < 4.78 is 0. The fourth-order valence-corrected chi connectivity index (χ4v) is 2.74. The Morgan fingerprint density at radius 1 is 1.32 bits per heavy atom. The molecule has 110 valence electrons. The molecule has 4 heteroatoms. The van der Waals surface area contributed by atoms with Crippen LogP contribution in [0.15, 0.2) is 0 Å². The van der Waals surface area contributed by atoms with Gasteiger partial charge >= 0.3 is 0 Å². The van der Waals surface area contributed by atoms with Crippen molar-refractivity contribution in [3.8, 4) is 0 Å². The van der Waals surface area contributed by atoms with E-state index in [4.69, 9.17) is 0 Å². The molecule has 4 nitrogen and oxygen atoms in total. The maximum Gasteiger partial charge on any atom is 0.234 e. The lowest BCUT2D eigenvalue weighted by molar-refractivity contribution is -0.122. The molecule has 1 atom stereocenters. The van der Waals surface area contributed by atoms with Gasteiger partial charge in [0.2, 0.25) is 5.91 Å². The molecule has 0 aromatic heterocycles. The van der Waals surface area contributed by atoms with E-state index in [0.29, 0.717) is 24.4 Å². The lowest BCUT2D eigenvalue weighted by atomic mass is 9.98. The van der Waals surface area contributed by atoms with Crippen LogP contribution in [0.3, 0.4) is 0 Å². The van der Waals surface area contributed by atoms with Crippen molar-refractivity contribution in [1.82, 2.24) is 15.5 Å². The smallest absolute Gasteiger partial charge is 0.234 e. The first-order valence-electron chi connectivity index (χ1n) is 7.86. The number of hydrogen-bond donors (Lipinski definition) is 2. The van der Waals surface area contributed by atoms with Crippen molar-refractivity contribution >= 4 is 5.91 Å². The maximum atomic E-state index is 11.8. The highest BCUT2D eigenvalue weighted by molar-refractivity contribution is 5.78. The van der Waals surface area contributed by atoms with Crippen LogP contribution in [0.1, 0.15) is 39.5 Å². The van der Waals surface area contributed by atoms with E-state index < -0.39 is 0 Å². The molecule has 2 N–H and O–H groups in total. The van der Waals surface area contributed by atoms with Crippen LogP contribution < -0.4 is 10.6 Å². The number of piperidine rings is 1. The standard InChI is InChI=1S/C15H29N3O/c1-12(2)8-16-9-13-4-3-7-18(10-13)11-15(19)17-14-5-6-14/h12-14,16H,3-11H2,1-2H3,(H,17,19). The van der Waals surface area contributed by atoms with E-state index in [1.807, 2.05) is 0 Å². The third kappa shape index (κ3) is 5.91. The van der Waals surface area contributed by atoms with Crippen LogP contribution in [0, 0.1) is 11.8 Å². The third-order valence-electron chi connectivity index (χ3n) is 3.90. The molecule has 0 aromatic rings. The van der Waals surface area contributed by atoms with Gasteiger partial charge in [-0.3, -0.25) is 9.69 Å². The summed E-state index contributed by atoms with van der Waals surface area (Å²) in [5.74, 6) is 1.64. The Hall–Kier alpha value is -0.610. The van der Waals surface area contributed by atoms with Gasteiger partial charge in [0.25, 0.3) is 0 Å². The average molecular weight is 267 g/mol. The first-order chi connectivity index (χ1) is 9.13. The zero-order valence-corrected chi connectivity index (χ0v) is 12.5. The Kier molecular flexibility index (Phi) is 5.64. The van der Waals surface area contributed by atoms with Gasteiger partial charge in [-0.1, -0.05) is 13.8 Å². The van der Waals surface area contributed by atoms with E-state index in [0.717, 1.165) is 26.2 Å². The maximum absolute atomic E-state index is 11.8. The van der Waals surface area contributed by atoms with Crippen molar-refractivity contribution in [3.63, 3.8) is 0 Å². The van der Waals surface area contributed by atoms with Crippen molar-refractivity contribution < 1.29 is 4.79 Å². The van der Waals surface area contributed by atoms with E-state index in [-0.39, 0.29) is 5.91 Å². The number of nitrogens with one attached hydrogen (secondary N) is 2. The quantitative estimate of drug-likeness (QED) is 0.729. The van der Waals surface area contributed by atoms with Crippen LogP contribution in [-0.2, 0) is 4.79 Å². The van der Waals surface area contributed by atoms with Crippen molar-refractivity contribution in [2.24, 2.45) is 11.8 Å². The molecule has 2 fully saturated rings. The largest absolute Gasteiger partial charge is 0.352 e. The number of rotatable bonds is 7. The second-order valence-corrected chi connectivity index (χ2v) is 6.64. The Balaban J connectivity index is 1.63. The molecule has 2 aliphatic rings. The summed E-state index contributed by atoms with van der Waals surface area (Å²) in [6, 6.07) is 0.487. The van der Waals surface area contributed by atoms with Gasteiger partial charge in [0.05, 0.1) is 6.54 Å². The minimum absolute atomic E-state index is 0.221. The van der Waals surface area contributed by atoms with E-state index in [2.05, 4.69) is 29.4 Å².